The van der Waals surface area contributed by atoms with Gasteiger partial charge in [-0.25, -0.2) is 4.98 Å². The molecule has 92 valence electrons. The molecule has 1 aliphatic heterocycles. The Balaban J connectivity index is 1.73. The zero-order chi connectivity index (χ0) is 11.7. The summed E-state index contributed by atoms with van der Waals surface area (Å²) in [7, 11) is 0. The van der Waals surface area contributed by atoms with Gasteiger partial charge in [0.25, 0.3) is 0 Å². The molecule has 1 aromatic heterocycles. The highest BCUT2D eigenvalue weighted by atomic mass is 35.5. The number of pyridine rings is 1. The number of hydrogen-bond acceptors (Lipinski definition) is 2. The maximum absolute atomic E-state index is 5.82. The molecule has 0 amide bonds. The Morgan fingerprint density at radius 3 is 3.18 bits per heavy atom. The lowest BCUT2D eigenvalue weighted by Crippen LogP contribution is -2.21. The first-order valence-electron chi connectivity index (χ1n) is 6.66. The molecule has 1 saturated heterocycles. The van der Waals surface area contributed by atoms with E-state index in [0.717, 1.165) is 31.3 Å². The van der Waals surface area contributed by atoms with E-state index in [4.69, 9.17) is 16.6 Å². The Bertz CT molecular complexity index is 405. The lowest BCUT2D eigenvalue weighted by molar-refractivity contribution is 0.572. The highest BCUT2D eigenvalue weighted by Gasteiger charge is 2.24. The van der Waals surface area contributed by atoms with Gasteiger partial charge in [-0.1, -0.05) is 6.07 Å². The topological polar surface area (TPSA) is 16.1 Å². The van der Waals surface area contributed by atoms with Gasteiger partial charge < -0.3 is 4.90 Å². The van der Waals surface area contributed by atoms with Crippen LogP contribution < -0.4 is 4.90 Å². The average Bonchev–Trinajstić information content (AvgIpc) is 2.96. The molecule has 17 heavy (non-hydrogen) atoms. The molecule has 2 nitrogen and oxygen atoms in total. The summed E-state index contributed by atoms with van der Waals surface area (Å²) >= 11 is 5.82. The van der Waals surface area contributed by atoms with E-state index >= 15 is 0 Å². The Hall–Kier alpha value is -0.760. The molecule has 1 atom stereocenters. The zero-order valence-corrected chi connectivity index (χ0v) is 10.9. The van der Waals surface area contributed by atoms with Crippen LogP contribution in [-0.4, -0.2) is 24.0 Å². The lowest BCUT2D eigenvalue weighted by Gasteiger charge is -2.18. The summed E-state index contributed by atoms with van der Waals surface area (Å²) in [5.41, 5.74) is 2.80. The van der Waals surface area contributed by atoms with Crippen LogP contribution >= 0.6 is 11.6 Å². The predicted molar refractivity (Wildman–Crippen MR) is 71.9 cm³/mol. The first-order chi connectivity index (χ1) is 8.36. The number of rotatable bonds is 3. The van der Waals surface area contributed by atoms with E-state index in [1.54, 1.807) is 0 Å². The minimum atomic E-state index is 0.766. The number of halogens is 1. The molecular formula is C14H19ClN2. The standard InChI is InChI=1S/C14H19ClN2/c15-8-6-11-7-9-17(10-11)14-5-4-12-2-1-3-13(12)16-14/h4-5,11H,1-3,6-10H2. The van der Waals surface area contributed by atoms with Crippen LogP contribution in [0.25, 0.3) is 0 Å². The molecule has 0 saturated carbocycles. The van der Waals surface area contributed by atoms with E-state index < -0.39 is 0 Å². The predicted octanol–water partition coefficient (Wildman–Crippen LogP) is 3.03. The number of aromatic nitrogens is 1. The average molecular weight is 251 g/mol. The second-order valence-corrected chi connectivity index (χ2v) is 5.59. The number of nitrogens with zero attached hydrogens (tertiary/aromatic N) is 2. The molecule has 3 heteroatoms. The zero-order valence-electron chi connectivity index (χ0n) is 10.2. The number of hydrogen-bond donors (Lipinski definition) is 0. The summed E-state index contributed by atoms with van der Waals surface area (Å²) in [5.74, 6) is 2.74. The van der Waals surface area contributed by atoms with E-state index in [9.17, 15) is 0 Å². The minimum absolute atomic E-state index is 0.766. The van der Waals surface area contributed by atoms with Gasteiger partial charge in [-0.15, -0.1) is 11.6 Å². The molecule has 0 N–H and O–H groups in total. The Morgan fingerprint density at radius 1 is 1.35 bits per heavy atom. The van der Waals surface area contributed by atoms with Crippen molar-refractivity contribution in [3.8, 4) is 0 Å². The van der Waals surface area contributed by atoms with Gasteiger partial charge >= 0.3 is 0 Å². The summed E-state index contributed by atoms with van der Waals surface area (Å²) in [6.07, 6.45) is 6.08. The van der Waals surface area contributed by atoms with Crippen molar-refractivity contribution in [1.82, 2.24) is 4.98 Å². The Morgan fingerprint density at radius 2 is 2.29 bits per heavy atom. The van der Waals surface area contributed by atoms with Crippen LogP contribution in [0, 0.1) is 5.92 Å². The van der Waals surface area contributed by atoms with Gasteiger partial charge in [0.15, 0.2) is 0 Å². The van der Waals surface area contributed by atoms with E-state index in [2.05, 4.69) is 17.0 Å². The highest BCUT2D eigenvalue weighted by molar-refractivity contribution is 6.17. The summed E-state index contributed by atoms with van der Waals surface area (Å²) in [4.78, 5) is 7.25. The second-order valence-electron chi connectivity index (χ2n) is 5.21. The van der Waals surface area contributed by atoms with Crippen LogP contribution in [0.4, 0.5) is 5.82 Å². The summed E-state index contributed by atoms with van der Waals surface area (Å²) in [6, 6.07) is 4.48. The quantitative estimate of drug-likeness (QED) is 0.767. The molecular weight excluding hydrogens is 232 g/mol. The molecule has 1 aliphatic carbocycles. The van der Waals surface area contributed by atoms with Crippen molar-refractivity contribution in [3.05, 3.63) is 23.4 Å². The van der Waals surface area contributed by atoms with Crippen LogP contribution in [0.1, 0.15) is 30.5 Å². The van der Waals surface area contributed by atoms with E-state index in [0.29, 0.717) is 0 Å². The maximum Gasteiger partial charge on any atom is 0.128 e. The Labute approximate surface area is 108 Å². The summed E-state index contributed by atoms with van der Waals surface area (Å²) < 4.78 is 0. The number of fused-ring (bicyclic) bond motifs is 1. The summed E-state index contributed by atoms with van der Waals surface area (Å²) in [6.45, 7) is 2.28. The third-order valence-electron chi connectivity index (χ3n) is 4.04. The normalized spacial score (nSPS) is 23.1. The molecule has 0 bridgehead atoms. The van der Waals surface area contributed by atoms with E-state index in [1.165, 1.54) is 42.8 Å². The van der Waals surface area contributed by atoms with Crippen molar-refractivity contribution in [2.45, 2.75) is 32.1 Å². The fourth-order valence-corrected chi connectivity index (χ4v) is 3.32. The smallest absolute Gasteiger partial charge is 0.128 e. The summed E-state index contributed by atoms with van der Waals surface area (Å²) in [5, 5.41) is 0. The van der Waals surface area contributed by atoms with E-state index in [1.807, 2.05) is 0 Å². The molecule has 0 spiro atoms. The van der Waals surface area contributed by atoms with Crippen LogP contribution in [0.5, 0.6) is 0 Å². The fourth-order valence-electron chi connectivity index (χ4n) is 3.02. The molecule has 0 aromatic carbocycles. The molecule has 3 rings (SSSR count). The van der Waals surface area contributed by atoms with Crippen LogP contribution in [0.3, 0.4) is 0 Å². The molecule has 1 fully saturated rings. The fraction of sp³-hybridized carbons (Fsp3) is 0.643. The third-order valence-corrected chi connectivity index (χ3v) is 4.26. The lowest BCUT2D eigenvalue weighted by atomic mass is 10.1. The van der Waals surface area contributed by atoms with Crippen molar-refractivity contribution in [1.29, 1.82) is 0 Å². The number of aryl methyl sites for hydroxylation is 2. The monoisotopic (exact) mass is 250 g/mol. The van der Waals surface area contributed by atoms with Crippen molar-refractivity contribution in [2.75, 3.05) is 23.9 Å². The highest BCUT2D eigenvalue weighted by Crippen LogP contribution is 2.28. The Kier molecular flexibility index (Phi) is 3.24. The van der Waals surface area contributed by atoms with Crippen molar-refractivity contribution < 1.29 is 0 Å². The van der Waals surface area contributed by atoms with Crippen LogP contribution in [-0.2, 0) is 12.8 Å². The molecule has 2 aliphatic rings. The van der Waals surface area contributed by atoms with Crippen molar-refractivity contribution in [3.63, 3.8) is 0 Å². The third kappa shape index (κ3) is 2.28. The molecule has 2 heterocycles. The number of alkyl halides is 1. The second kappa shape index (κ2) is 4.85. The molecule has 1 aromatic rings. The number of anilines is 1. The van der Waals surface area contributed by atoms with Gasteiger partial charge in [0.1, 0.15) is 5.82 Å². The van der Waals surface area contributed by atoms with Gasteiger partial charge in [0.2, 0.25) is 0 Å². The van der Waals surface area contributed by atoms with Gasteiger partial charge in [0.05, 0.1) is 0 Å². The van der Waals surface area contributed by atoms with Gasteiger partial charge in [0, 0.05) is 24.7 Å². The first kappa shape index (κ1) is 11.3. The molecule has 1 unspecified atom stereocenters. The van der Waals surface area contributed by atoms with Crippen molar-refractivity contribution in [2.24, 2.45) is 5.92 Å². The largest absolute Gasteiger partial charge is 0.356 e. The van der Waals surface area contributed by atoms with Gasteiger partial charge in [-0.05, 0) is 49.7 Å². The first-order valence-corrected chi connectivity index (χ1v) is 7.20. The van der Waals surface area contributed by atoms with Gasteiger partial charge in [-0.2, -0.15) is 0 Å². The molecule has 0 radical (unpaired) electrons. The van der Waals surface area contributed by atoms with E-state index in [-0.39, 0.29) is 0 Å². The maximum atomic E-state index is 5.82. The van der Waals surface area contributed by atoms with Gasteiger partial charge in [-0.3, -0.25) is 0 Å². The SMILES string of the molecule is ClCCC1CCN(c2ccc3c(n2)CCC3)C1. The van der Waals surface area contributed by atoms with Crippen molar-refractivity contribution >= 4 is 17.4 Å². The van der Waals surface area contributed by atoms with Crippen LogP contribution in [0.2, 0.25) is 0 Å². The van der Waals surface area contributed by atoms with Crippen LogP contribution in [0.15, 0.2) is 12.1 Å². The minimum Gasteiger partial charge on any atom is -0.356 e.